The van der Waals surface area contributed by atoms with Crippen LogP contribution in [-0.4, -0.2) is 49.5 Å². The van der Waals surface area contributed by atoms with Gasteiger partial charge in [-0.1, -0.05) is 0 Å². The Hall–Kier alpha value is -0.240. The molecule has 0 spiro atoms. The second-order valence-corrected chi connectivity index (χ2v) is 3.83. The summed E-state index contributed by atoms with van der Waals surface area (Å²) in [6.45, 7) is 5.03. The van der Waals surface area contributed by atoms with Crippen molar-refractivity contribution < 1.29 is 5.21 Å². The van der Waals surface area contributed by atoms with Crippen LogP contribution < -0.4 is 22.4 Å². The van der Waals surface area contributed by atoms with Crippen LogP contribution in [0.25, 0.3) is 0 Å². The Kier molecular flexibility index (Phi) is 12.6. The molecule has 0 atom stereocenters. The molecule has 0 aromatic carbocycles. The van der Waals surface area contributed by atoms with E-state index in [1.807, 2.05) is 0 Å². The number of nitrogens with zero attached hydrogens (tertiary/aromatic N) is 1. The normalized spacial score (nSPS) is 11.2. The molecule has 16 heavy (non-hydrogen) atoms. The Balaban J connectivity index is 3.20. The molecule has 6 nitrogen and oxygen atoms in total. The summed E-state index contributed by atoms with van der Waals surface area (Å²) < 4.78 is 0. The maximum atomic E-state index is 8.83. The minimum absolute atomic E-state index is 0.652. The van der Waals surface area contributed by atoms with Gasteiger partial charge in [0.1, 0.15) is 0 Å². The van der Waals surface area contributed by atoms with Crippen molar-refractivity contribution >= 4 is 0 Å². The van der Waals surface area contributed by atoms with E-state index >= 15 is 0 Å². The summed E-state index contributed by atoms with van der Waals surface area (Å²) >= 11 is 0. The summed E-state index contributed by atoms with van der Waals surface area (Å²) in [5.41, 5.74) is 13.0. The Labute approximate surface area is 98.3 Å². The average molecular weight is 233 g/mol. The minimum atomic E-state index is 0.652. The van der Waals surface area contributed by atoms with Crippen molar-refractivity contribution in [3.8, 4) is 0 Å². The van der Waals surface area contributed by atoms with E-state index in [4.69, 9.17) is 16.7 Å². The van der Waals surface area contributed by atoms with Gasteiger partial charge in [-0.15, -0.1) is 5.59 Å². The highest BCUT2D eigenvalue weighted by molar-refractivity contribution is 4.54. The van der Waals surface area contributed by atoms with E-state index in [0.29, 0.717) is 6.54 Å². The molecule has 0 unspecified atom stereocenters. The smallest absolute Gasteiger partial charge is 0.0164 e. The molecule has 0 aliphatic carbocycles. The Morgan fingerprint density at radius 3 is 2.12 bits per heavy atom. The highest BCUT2D eigenvalue weighted by atomic mass is 16.5. The molecule has 0 rings (SSSR count). The molecule has 0 fully saturated rings. The van der Waals surface area contributed by atoms with Gasteiger partial charge in [-0.3, -0.25) is 0 Å². The van der Waals surface area contributed by atoms with Crippen molar-refractivity contribution in [3.63, 3.8) is 0 Å². The third-order valence-electron chi connectivity index (χ3n) is 2.36. The van der Waals surface area contributed by atoms with E-state index in [1.54, 1.807) is 5.01 Å². The van der Waals surface area contributed by atoms with E-state index < -0.39 is 0 Å². The highest BCUT2D eigenvalue weighted by Gasteiger charge is 2.01. The average Bonchev–Trinajstić information content (AvgIpc) is 2.32. The first-order valence-electron chi connectivity index (χ1n) is 6.10. The zero-order valence-electron chi connectivity index (χ0n) is 10.1. The van der Waals surface area contributed by atoms with Crippen LogP contribution in [0.2, 0.25) is 0 Å². The number of hydrogen-bond acceptors (Lipinski definition) is 6. The van der Waals surface area contributed by atoms with Crippen molar-refractivity contribution in [1.29, 1.82) is 0 Å². The number of unbranched alkanes of at least 4 members (excludes halogenated alkanes) is 1. The first kappa shape index (κ1) is 15.8. The topological polar surface area (TPSA) is 99.6 Å². The number of hydrazine groups is 1. The molecule has 98 valence electrons. The maximum Gasteiger partial charge on any atom is 0.0164 e. The second kappa shape index (κ2) is 12.8. The lowest BCUT2D eigenvalue weighted by atomic mass is 10.3. The first-order valence-corrected chi connectivity index (χ1v) is 6.10. The van der Waals surface area contributed by atoms with Crippen LogP contribution in [0, 0.1) is 0 Å². The van der Waals surface area contributed by atoms with E-state index in [0.717, 1.165) is 58.4 Å². The van der Waals surface area contributed by atoms with Gasteiger partial charge in [-0.2, -0.15) is 0 Å². The van der Waals surface area contributed by atoms with E-state index in [2.05, 4.69) is 10.9 Å². The minimum Gasteiger partial charge on any atom is -0.330 e. The SMILES string of the molecule is NCCCNCCCCN(CCCN)NO. The Morgan fingerprint density at radius 1 is 0.875 bits per heavy atom. The van der Waals surface area contributed by atoms with Crippen molar-refractivity contribution in [2.24, 2.45) is 11.5 Å². The van der Waals surface area contributed by atoms with Gasteiger partial charge in [0.2, 0.25) is 0 Å². The number of nitrogens with two attached hydrogens (primary N) is 2. The molecule has 0 radical (unpaired) electrons. The number of nitrogens with one attached hydrogen (secondary N) is 2. The molecular weight excluding hydrogens is 206 g/mol. The van der Waals surface area contributed by atoms with Gasteiger partial charge >= 0.3 is 0 Å². The van der Waals surface area contributed by atoms with Gasteiger partial charge in [0.05, 0.1) is 0 Å². The summed E-state index contributed by atoms with van der Waals surface area (Å²) in [6, 6.07) is 0. The summed E-state index contributed by atoms with van der Waals surface area (Å²) in [5.74, 6) is 0. The predicted octanol–water partition coefficient (Wildman–Crippen LogP) is -0.750. The third-order valence-corrected chi connectivity index (χ3v) is 2.36. The van der Waals surface area contributed by atoms with Crippen LogP contribution in [0.1, 0.15) is 25.7 Å². The zero-order chi connectivity index (χ0) is 12.1. The van der Waals surface area contributed by atoms with Crippen LogP contribution in [-0.2, 0) is 0 Å². The van der Waals surface area contributed by atoms with Crippen LogP contribution in [0.15, 0.2) is 0 Å². The lowest BCUT2D eigenvalue weighted by Gasteiger charge is -2.18. The van der Waals surface area contributed by atoms with E-state index in [-0.39, 0.29) is 0 Å². The molecule has 0 aliphatic rings. The molecule has 7 N–H and O–H groups in total. The third kappa shape index (κ3) is 10.3. The summed E-state index contributed by atoms with van der Waals surface area (Å²) in [5, 5.41) is 13.9. The monoisotopic (exact) mass is 233 g/mol. The van der Waals surface area contributed by atoms with Gasteiger partial charge < -0.3 is 22.0 Å². The maximum absolute atomic E-state index is 8.83. The molecule has 0 aliphatic heterocycles. The lowest BCUT2D eigenvalue weighted by Crippen LogP contribution is -2.38. The second-order valence-electron chi connectivity index (χ2n) is 3.83. The van der Waals surface area contributed by atoms with E-state index in [9.17, 15) is 0 Å². The van der Waals surface area contributed by atoms with Crippen LogP contribution >= 0.6 is 0 Å². The molecule has 0 bridgehead atoms. The number of rotatable bonds is 12. The molecular formula is C10H27N5O. The van der Waals surface area contributed by atoms with Crippen LogP contribution in [0.4, 0.5) is 0 Å². The largest absolute Gasteiger partial charge is 0.330 e. The van der Waals surface area contributed by atoms with Crippen molar-refractivity contribution in [3.05, 3.63) is 0 Å². The van der Waals surface area contributed by atoms with Crippen LogP contribution in [0.5, 0.6) is 0 Å². The predicted molar refractivity (Wildman–Crippen MR) is 65.9 cm³/mol. The molecule has 6 heteroatoms. The summed E-state index contributed by atoms with van der Waals surface area (Å²) in [7, 11) is 0. The molecule has 0 aromatic rings. The van der Waals surface area contributed by atoms with Gasteiger partial charge in [-0.25, -0.2) is 5.01 Å². The van der Waals surface area contributed by atoms with E-state index in [1.165, 1.54) is 0 Å². The van der Waals surface area contributed by atoms with Gasteiger partial charge in [0.15, 0.2) is 0 Å². The Morgan fingerprint density at radius 2 is 1.50 bits per heavy atom. The summed E-state index contributed by atoms with van der Waals surface area (Å²) in [6.07, 6.45) is 4.07. The van der Waals surface area contributed by atoms with Crippen molar-refractivity contribution in [1.82, 2.24) is 15.9 Å². The van der Waals surface area contributed by atoms with Gasteiger partial charge in [-0.05, 0) is 51.9 Å². The standard InChI is InChI=1S/C10H27N5O/c11-5-3-8-13-7-1-2-9-15(14-16)10-4-6-12/h13-14,16H,1-12H2. The highest BCUT2D eigenvalue weighted by Crippen LogP contribution is 1.92. The zero-order valence-corrected chi connectivity index (χ0v) is 10.1. The first-order chi connectivity index (χ1) is 7.85. The fraction of sp³-hybridized carbons (Fsp3) is 1.00. The molecule has 0 saturated carbocycles. The molecule has 0 saturated heterocycles. The molecule has 0 heterocycles. The quantitative estimate of drug-likeness (QED) is 0.225. The van der Waals surface area contributed by atoms with Gasteiger partial charge in [0, 0.05) is 13.1 Å². The van der Waals surface area contributed by atoms with Crippen LogP contribution in [0.3, 0.4) is 0 Å². The summed E-state index contributed by atoms with van der Waals surface area (Å²) in [4.78, 5) is 0. The lowest BCUT2D eigenvalue weighted by molar-refractivity contribution is -0.0210. The fourth-order valence-electron chi connectivity index (χ4n) is 1.40. The van der Waals surface area contributed by atoms with Crippen molar-refractivity contribution in [2.75, 3.05) is 39.3 Å². The van der Waals surface area contributed by atoms with Gasteiger partial charge in [0.25, 0.3) is 0 Å². The Bertz CT molecular complexity index is 136. The molecule has 0 aromatic heterocycles. The molecule has 0 amide bonds. The fourth-order valence-corrected chi connectivity index (χ4v) is 1.40. The number of hydrogen-bond donors (Lipinski definition) is 5. The van der Waals surface area contributed by atoms with Crippen molar-refractivity contribution in [2.45, 2.75) is 25.7 Å².